The Balaban J connectivity index is 2.00. The summed E-state index contributed by atoms with van der Waals surface area (Å²) in [6.07, 6.45) is 2.17. The zero-order chi connectivity index (χ0) is 11.6. The van der Waals surface area contributed by atoms with E-state index in [0.29, 0.717) is 0 Å². The third-order valence-electron chi connectivity index (χ3n) is 2.23. The van der Waals surface area contributed by atoms with Crippen LogP contribution in [-0.4, -0.2) is 30.9 Å². The van der Waals surface area contributed by atoms with Crippen molar-refractivity contribution in [1.29, 1.82) is 0 Å². The summed E-state index contributed by atoms with van der Waals surface area (Å²) in [6.45, 7) is 4.53. The number of hydrogen-bond donors (Lipinski definition) is 1. The van der Waals surface area contributed by atoms with Crippen LogP contribution in [0, 0.1) is 5.92 Å². The molecule has 1 nitrogen and oxygen atoms in total. The van der Waals surface area contributed by atoms with E-state index >= 15 is 0 Å². The molecule has 1 unspecified atom stereocenters. The third-order valence-corrected chi connectivity index (χ3v) is 4.15. The minimum Gasteiger partial charge on any atom is -0.316 e. The molecule has 0 aliphatic rings. The number of thioether (sulfide) groups is 2. The first-order valence-electron chi connectivity index (χ1n) is 5.70. The monoisotopic (exact) mass is 255 g/mol. The van der Waals surface area contributed by atoms with Crippen LogP contribution in [0.1, 0.15) is 6.92 Å². The van der Waals surface area contributed by atoms with Crippen LogP contribution in [0.2, 0.25) is 0 Å². The highest BCUT2D eigenvalue weighted by Gasteiger charge is 1.99. The quantitative estimate of drug-likeness (QED) is 0.565. The van der Waals surface area contributed by atoms with Gasteiger partial charge in [0.05, 0.1) is 0 Å². The number of hydrogen-bond acceptors (Lipinski definition) is 3. The van der Waals surface area contributed by atoms with Gasteiger partial charge in [-0.05, 0) is 36.6 Å². The SMILES string of the molecule is CSCC(C)CNCCSc1ccccc1. The Morgan fingerprint density at radius 1 is 1.25 bits per heavy atom. The molecule has 90 valence electrons. The molecular formula is C13H21NS2. The van der Waals surface area contributed by atoms with Gasteiger partial charge in [-0.15, -0.1) is 11.8 Å². The van der Waals surface area contributed by atoms with E-state index in [2.05, 4.69) is 48.8 Å². The summed E-state index contributed by atoms with van der Waals surface area (Å²) < 4.78 is 0. The molecule has 16 heavy (non-hydrogen) atoms. The maximum atomic E-state index is 3.51. The van der Waals surface area contributed by atoms with Gasteiger partial charge in [-0.25, -0.2) is 0 Å². The van der Waals surface area contributed by atoms with Crippen LogP contribution < -0.4 is 5.32 Å². The number of benzene rings is 1. The Morgan fingerprint density at radius 2 is 2.00 bits per heavy atom. The van der Waals surface area contributed by atoms with Crippen LogP contribution in [0.3, 0.4) is 0 Å². The Morgan fingerprint density at radius 3 is 2.69 bits per heavy atom. The average molecular weight is 255 g/mol. The fraction of sp³-hybridized carbons (Fsp3) is 0.538. The molecule has 1 rings (SSSR count). The van der Waals surface area contributed by atoms with E-state index in [9.17, 15) is 0 Å². The topological polar surface area (TPSA) is 12.0 Å². The van der Waals surface area contributed by atoms with Gasteiger partial charge in [0.1, 0.15) is 0 Å². The van der Waals surface area contributed by atoms with Gasteiger partial charge in [-0.3, -0.25) is 0 Å². The second kappa shape index (κ2) is 8.97. The highest BCUT2D eigenvalue weighted by molar-refractivity contribution is 7.99. The number of rotatable bonds is 8. The summed E-state index contributed by atoms with van der Waals surface area (Å²) >= 11 is 3.84. The van der Waals surface area contributed by atoms with Crippen molar-refractivity contribution < 1.29 is 0 Å². The summed E-state index contributed by atoms with van der Waals surface area (Å²) in [5, 5.41) is 3.51. The molecule has 0 aliphatic carbocycles. The fourth-order valence-electron chi connectivity index (χ4n) is 1.45. The van der Waals surface area contributed by atoms with E-state index in [-0.39, 0.29) is 0 Å². The summed E-state index contributed by atoms with van der Waals surface area (Å²) in [4.78, 5) is 1.36. The van der Waals surface area contributed by atoms with Crippen LogP contribution in [0.15, 0.2) is 35.2 Å². The largest absolute Gasteiger partial charge is 0.316 e. The maximum absolute atomic E-state index is 3.51. The van der Waals surface area contributed by atoms with Crippen molar-refractivity contribution in [1.82, 2.24) is 5.32 Å². The minimum atomic E-state index is 0.775. The average Bonchev–Trinajstić information content (AvgIpc) is 2.30. The molecule has 3 heteroatoms. The van der Waals surface area contributed by atoms with Crippen LogP contribution >= 0.6 is 23.5 Å². The normalized spacial score (nSPS) is 12.6. The molecule has 0 heterocycles. The molecule has 1 N–H and O–H groups in total. The summed E-state index contributed by atoms with van der Waals surface area (Å²) in [6, 6.07) is 10.6. The van der Waals surface area contributed by atoms with Gasteiger partial charge in [-0.2, -0.15) is 11.8 Å². The fourth-order valence-corrected chi connectivity index (χ4v) is 2.97. The predicted molar refractivity (Wildman–Crippen MR) is 77.6 cm³/mol. The molecule has 0 spiro atoms. The first-order chi connectivity index (χ1) is 7.83. The summed E-state index contributed by atoms with van der Waals surface area (Å²) in [5.74, 6) is 3.17. The lowest BCUT2D eigenvalue weighted by Crippen LogP contribution is -2.24. The molecule has 0 amide bonds. The highest BCUT2D eigenvalue weighted by Crippen LogP contribution is 2.15. The molecule has 0 radical (unpaired) electrons. The molecule has 0 fully saturated rings. The Hall–Kier alpha value is -0.120. The lowest BCUT2D eigenvalue weighted by atomic mass is 10.2. The first kappa shape index (κ1) is 13.9. The summed E-state index contributed by atoms with van der Waals surface area (Å²) in [7, 11) is 0. The van der Waals surface area contributed by atoms with Gasteiger partial charge in [-0.1, -0.05) is 25.1 Å². The zero-order valence-electron chi connectivity index (χ0n) is 10.1. The molecule has 0 saturated heterocycles. The van der Waals surface area contributed by atoms with Crippen LogP contribution in [0.5, 0.6) is 0 Å². The molecule has 0 aliphatic heterocycles. The molecular weight excluding hydrogens is 234 g/mol. The van der Waals surface area contributed by atoms with Crippen molar-refractivity contribution >= 4 is 23.5 Å². The van der Waals surface area contributed by atoms with Crippen molar-refractivity contribution in [2.24, 2.45) is 5.92 Å². The lowest BCUT2D eigenvalue weighted by Gasteiger charge is -2.10. The second-order valence-corrected chi connectivity index (χ2v) is 6.01. The van der Waals surface area contributed by atoms with E-state index in [0.717, 1.165) is 24.8 Å². The molecule has 0 saturated carbocycles. The van der Waals surface area contributed by atoms with Crippen LogP contribution in [-0.2, 0) is 0 Å². The van der Waals surface area contributed by atoms with Crippen molar-refractivity contribution in [3.8, 4) is 0 Å². The minimum absolute atomic E-state index is 0.775. The Kier molecular flexibility index (Phi) is 7.81. The molecule has 1 aromatic carbocycles. The standard InChI is InChI=1S/C13H21NS2/c1-12(11-15-2)10-14-8-9-16-13-6-4-3-5-7-13/h3-7,12,14H,8-11H2,1-2H3. The van der Waals surface area contributed by atoms with Gasteiger partial charge in [0, 0.05) is 17.2 Å². The number of nitrogens with one attached hydrogen (secondary N) is 1. The van der Waals surface area contributed by atoms with Crippen molar-refractivity contribution in [2.45, 2.75) is 11.8 Å². The van der Waals surface area contributed by atoms with Crippen molar-refractivity contribution in [3.63, 3.8) is 0 Å². The van der Waals surface area contributed by atoms with Crippen molar-refractivity contribution in [3.05, 3.63) is 30.3 Å². The van der Waals surface area contributed by atoms with Gasteiger partial charge < -0.3 is 5.32 Å². The van der Waals surface area contributed by atoms with Crippen molar-refractivity contribution in [2.75, 3.05) is 30.9 Å². The molecule has 1 atom stereocenters. The van der Waals surface area contributed by atoms with Gasteiger partial charge in [0.25, 0.3) is 0 Å². The maximum Gasteiger partial charge on any atom is 0.0106 e. The lowest BCUT2D eigenvalue weighted by molar-refractivity contribution is 0.576. The van der Waals surface area contributed by atoms with Crippen LogP contribution in [0.25, 0.3) is 0 Å². The van der Waals surface area contributed by atoms with Gasteiger partial charge >= 0.3 is 0 Å². The molecule has 0 aromatic heterocycles. The van der Waals surface area contributed by atoms with Gasteiger partial charge in [0.15, 0.2) is 0 Å². The van der Waals surface area contributed by atoms with E-state index in [4.69, 9.17) is 0 Å². The summed E-state index contributed by atoms with van der Waals surface area (Å²) in [5.41, 5.74) is 0. The van der Waals surface area contributed by atoms with Gasteiger partial charge in [0.2, 0.25) is 0 Å². The van der Waals surface area contributed by atoms with E-state index < -0.39 is 0 Å². The Labute approximate surface area is 108 Å². The smallest absolute Gasteiger partial charge is 0.0106 e. The van der Waals surface area contributed by atoms with E-state index in [1.807, 2.05) is 23.5 Å². The highest BCUT2D eigenvalue weighted by atomic mass is 32.2. The second-order valence-electron chi connectivity index (χ2n) is 3.93. The first-order valence-corrected chi connectivity index (χ1v) is 8.08. The predicted octanol–water partition coefficient (Wildman–Crippen LogP) is 3.37. The van der Waals surface area contributed by atoms with Crippen LogP contribution in [0.4, 0.5) is 0 Å². The molecule has 0 bridgehead atoms. The zero-order valence-corrected chi connectivity index (χ0v) is 11.7. The van der Waals surface area contributed by atoms with E-state index in [1.54, 1.807) is 0 Å². The molecule has 1 aromatic rings. The Bertz CT molecular complexity index is 264. The third kappa shape index (κ3) is 6.46. The van der Waals surface area contributed by atoms with E-state index in [1.165, 1.54) is 10.6 Å².